The van der Waals surface area contributed by atoms with Crippen molar-refractivity contribution >= 4 is 28.3 Å². The monoisotopic (exact) mass is 441 g/mol. The first-order valence-electron chi connectivity index (χ1n) is 9.78. The number of carbonyl (C=O) groups excluding carboxylic acids is 1. The fourth-order valence-electron chi connectivity index (χ4n) is 4.08. The molecule has 3 heterocycles. The van der Waals surface area contributed by atoms with Gasteiger partial charge in [0, 0.05) is 18.2 Å². The number of amides is 1. The Morgan fingerprint density at radius 2 is 2.03 bits per heavy atom. The Labute approximate surface area is 180 Å². The van der Waals surface area contributed by atoms with Gasteiger partial charge in [0.25, 0.3) is 5.91 Å². The molecule has 0 fully saturated rings. The molecule has 0 saturated carbocycles. The van der Waals surface area contributed by atoms with Crippen molar-refractivity contribution in [2.45, 2.75) is 19.1 Å². The minimum absolute atomic E-state index is 0.0787. The van der Waals surface area contributed by atoms with Gasteiger partial charge in [-0.3, -0.25) is 9.20 Å². The van der Waals surface area contributed by atoms with Crippen LogP contribution in [0.25, 0.3) is 16.6 Å². The van der Waals surface area contributed by atoms with Crippen LogP contribution in [0.2, 0.25) is 0 Å². The van der Waals surface area contributed by atoms with Gasteiger partial charge in [-0.25, -0.2) is 9.97 Å². The predicted molar refractivity (Wildman–Crippen MR) is 111 cm³/mol. The van der Waals surface area contributed by atoms with E-state index < -0.39 is 17.8 Å². The Kier molecular flexibility index (Phi) is 4.30. The molecule has 7 nitrogen and oxygen atoms in total. The first kappa shape index (κ1) is 20.1. The van der Waals surface area contributed by atoms with Gasteiger partial charge in [-0.15, -0.1) is 0 Å². The van der Waals surface area contributed by atoms with E-state index in [1.807, 2.05) is 0 Å². The average Bonchev–Trinajstić information content (AvgIpc) is 3.39. The van der Waals surface area contributed by atoms with E-state index in [4.69, 9.17) is 10.5 Å². The molecule has 1 aliphatic heterocycles. The summed E-state index contributed by atoms with van der Waals surface area (Å²) in [5.41, 5.74) is 8.83. The Bertz CT molecular complexity index is 1400. The lowest BCUT2D eigenvalue weighted by Gasteiger charge is -2.25. The number of likely N-dealkylation sites (N-methyl/N-ethyl adjacent to an activating group) is 1. The number of nitrogens with zero attached hydrogens (tertiary/aromatic N) is 4. The molecule has 2 aromatic carbocycles. The van der Waals surface area contributed by atoms with Crippen LogP contribution in [-0.4, -0.2) is 38.8 Å². The SMILES string of the molecule is Cc1cc2nc(N)c3cncn3c2cc1C(=O)N(C)[C@@H]1COc2cc(C(F)(F)F)ccc21. The van der Waals surface area contributed by atoms with E-state index in [0.717, 1.165) is 12.1 Å². The summed E-state index contributed by atoms with van der Waals surface area (Å²) in [6.45, 7) is 1.88. The number of nitrogens with two attached hydrogens (primary N) is 1. The number of benzene rings is 2. The molecule has 1 amide bonds. The number of aromatic nitrogens is 3. The van der Waals surface area contributed by atoms with E-state index in [0.29, 0.717) is 39.1 Å². The van der Waals surface area contributed by atoms with Gasteiger partial charge < -0.3 is 15.4 Å². The Hall–Kier alpha value is -3.82. The number of aryl methyl sites for hydroxylation is 1. The molecule has 0 saturated heterocycles. The zero-order chi connectivity index (χ0) is 22.8. The van der Waals surface area contributed by atoms with Crippen LogP contribution >= 0.6 is 0 Å². The molecule has 0 radical (unpaired) electrons. The van der Waals surface area contributed by atoms with Crippen molar-refractivity contribution in [3.05, 3.63) is 65.1 Å². The molecule has 0 spiro atoms. The second kappa shape index (κ2) is 6.84. The second-order valence-electron chi connectivity index (χ2n) is 7.79. The standard InChI is InChI=1S/C22H18F3N5O2/c1-11-5-15-16(30-10-27-8-17(30)20(26)28-15)7-14(11)21(31)29(2)18-9-32-19-6-12(22(23,24)25)3-4-13(18)19/h3-8,10,18H,9H2,1-2H3,(H2,26,28)/t18-/m1/s1. The molecule has 1 atom stereocenters. The molecule has 0 bridgehead atoms. The molecule has 10 heteroatoms. The van der Waals surface area contributed by atoms with Crippen LogP contribution in [0.1, 0.15) is 33.1 Å². The van der Waals surface area contributed by atoms with Gasteiger partial charge in [-0.1, -0.05) is 6.07 Å². The van der Waals surface area contributed by atoms with Crippen LogP contribution in [0.4, 0.5) is 19.0 Å². The second-order valence-corrected chi connectivity index (χ2v) is 7.79. The third-order valence-electron chi connectivity index (χ3n) is 5.84. The summed E-state index contributed by atoms with van der Waals surface area (Å²) >= 11 is 0. The third-order valence-corrected chi connectivity index (χ3v) is 5.84. The van der Waals surface area contributed by atoms with Crippen molar-refractivity contribution in [1.82, 2.24) is 19.3 Å². The minimum atomic E-state index is -4.46. The predicted octanol–water partition coefficient (Wildman–Crippen LogP) is 4.00. The molecule has 4 aromatic rings. The number of nitrogen functional groups attached to an aromatic ring is 1. The van der Waals surface area contributed by atoms with E-state index in [9.17, 15) is 18.0 Å². The van der Waals surface area contributed by atoms with E-state index in [1.165, 1.54) is 11.0 Å². The van der Waals surface area contributed by atoms with Crippen molar-refractivity contribution in [1.29, 1.82) is 0 Å². The van der Waals surface area contributed by atoms with Crippen molar-refractivity contribution < 1.29 is 22.7 Å². The molecule has 2 aromatic heterocycles. The van der Waals surface area contributed by atoms with Crippen molar-refractivity contribution in [3.63, 3.8) is 0 Å². The lowest BCUT2D eigenvalue weighted by Crippen LogP contribution is -2.32. The quantitative estimate of drug-likeness (QED) is 0.508. The van der Waals surface area contributed by atoms with Gasteiger partial charge in [0.05, 0.1) is 35.2 Å². The summed E-state index contributed by atoms with van der Waals surface area (Å²) in [5, 5.41) is 0. The number of carbonyl (C=O) groups is 1. The minimum Gasteiger partial charge on any atom is -0.491 e. The summed E-state index contributed by atoms with van der Waals surface area (Å²) < 4.78 is 46.3. The molecular weight excluding hydrogens is 423 g/mol. The van der Waals surface area contributed by atoms with Gasteiger partial charge in [-0.05, 0) is 36.8 Å². The van der Waals surface area contributed by atoms with Crippen molar-refractivity contribution in [3.8, 4) is 5.75 Å². The average molecular weight is 441 g/mol. The number of fused-ring (bicyclic) bond motifs is 4. The highest BCUT2D eigenvalue weighted by atomic mass is 19.4. The number of alkyl halides is 3. The topological polar surface area (TPSA) is 85.8 Å². The van der Waals surface area contributed by atoms with Crippen LogP contribution in [0.3, 0.4) is 0 Å². The molecule has 1 aliphatic rings. The number of imidazole rings is 1. The van der Waals surface area contributed by atoms with Crippen molar-refractivity contribution in [2.75, 3.05) is 19.4 Å². The smallest absolute Gasteiger partial charge is 0.416 e. The fraction of sp³-hybridized carbons (Fsp3) is 0.227. The number of hydrogen-bond donors (Lipinski definition) is 1. The van der Waals surface area contributed by atoms with E-state index in [1.54, 1.807) is 43.0 Å². The maximum atomic E-state index is 13.4. The van der Waals surface area contributed by atoms with Gasteiger partial charge in [0.1, 0.15) is 23.7 Å². The first-order valence-corrected chi connectivity index (χ1v) is 9.78. The summed E-state index contributed by atoms with van der Waals surface area (Å²) in [6.07, 6.45) is -1.27. The van der Waals surface area contributed by atoms with E-state index in [-0.39, 0.29) is 18.3 Å². The Balaban J connectivity index is 1.53. The molecule has 32 heavy (non-hydrogen) atoms. The zero-order valence-corrected chi connectivity index (χ0v) is 17.1. The zero-order valence-electron chi connectivity index (χ0n) is 17.1. The largest absolute Gasteiger partial charge is 0.491 e. The summed E-state index contributed by atoms with van der Waals surface area (Å²) in [4.78, 5) is 23.4. The van der Waals surface area contributed by atoms with Gasteiger partial charge in [0.2, 0.25) is 0 Å². The number of halogens is 3. The van der Waals surface area contributed by atoms with Crippen LogP contribution in [0.15, 0.2) is 42.9 Å². The van der Waals surface area contributed by atoms with E-state index in [2.05, 4.69) is 9.97 Å². The molecule has 164 valence electrons. The molecule has 0 unspecified atom stereocenters. The Morgan fingerprint density at radius 1 is 1.25 bits per heavy atom. The third kappa shape index (κ3) is 3.02. The van der Waals surface area contributed by atoms with Crippen molar-refractivity contribution in [2.24, 2.45) is 0 Å². The highest BCUT2D eigenvalue weighted by molar-refractivity contribution is 6.00. The maximum Gasteiger partial charge on any atom is 0.416 e. The number of anilines is 1. The molecule has 5 rings (SSSR count). The molecule has 0 aliphatic carbocycles. The maximum absolute atomic E-state index is 13.4. The van der Waals surface area contributed by atoms with E-state index >= 15 is 0 Å². The Morgan fingerprint density at radius 3 is 2.78 bits per heavy atom. The molecule has 2 N–H and O–H groups in total. The van der Waals surface area contributed by atoms with Crippen LogP contribution in [-0.2, 0) is 6.18 Å². The normalized spacial score (nSPS) is 15.7. The van der Waals surface area contributed by atoms with Crippen LogP contribution < -0.4 is 10.5 Å². The lowest BCUT2D eigenvalue weighted by molar-refractivity contribution is -0.137. The summed E-state index contributed by atoms with van der Waals surface area (Å²) in [7, 11) is 1.61. The fourth-order valence-corrected chi connectivity index (χ4v) is 4.08. The molecular formula is C22H18F3N5O2. The summed E-state index contributed by atoms with van der Waals surface area (Å²) in [6, 6.07) is 6.35. The van der Waals surface area contributed by atoms with Gasteiger partial charge in [-0.2, -0.15) is 13.2 Å². The van der Waals surface area contributed by atoms with Gasteiger partial charge in [0.15, 0.2) is 0 Å². The highest BCUT2D eigenvalue weighted by Gasteiger charge is 2.36. The number of hydrogen-bond acceptors (Lipinski definition) is 5. The highest BCUT2D eigenvalue weighted by Crippen LogP contribution is 2.40. The van der Waals surface area contributed by atoms with Gasteiger partial charge >= 0.3 is 6.18 Å². The summed E-state index contributed by atoms with van der Waals surface area (Å²) in [5.74, 6) is 0.193. The lowest BCUT2D eigenvalue weighted by atomic mass is 10.0. The number of ether oxygens (including phenoxy) is 1. The number of rotatable bonds is 2. The first-order chi connectivity index (χ1) is 15.1. The van der Waals surface area contributed by atoms with Crippen LogP contribution in [0, 0.1) is 6.92 Å². The van der Waals surface area contributed by atoms with Crippen LogP contribution in [0.5, 0.6) is 5.75 Å².